The molecule has 1 N–H and O–H groups in total. The van der Waals surface area contributed by atoms with E-state index in [-0.39, 0.29) is 11.6 Å². The maximum Gasteiger partial charge on any atom is 0.296 e. The van der Waals surface area contributed by atoms with Crippen LogP contribution in [0.3, 0.4) is 0 Å². The summed E-state index contributed by atoms with van der Waals surface area (Å²) >= 11 is 5.48. The normalized spacial score (nSPS) is 13.7. The number of rotatable bonds is 4. The Morgan fingerprint density at radius 3 is 2.50 bits per heavy atom. The fourth-order valence-electron chi connectivity index (χ4n) is 3.86. The number of hydrogen-bond donors (Lipinski definition) is 1. The van der Waals surface area contributed by atoms with Crippen LogP contribution in [0, 0.1) is 10.1 Å². The molecule has 164 valence electrons. The van der Waals surface area contributed by atoms with Crippen LogP contribution < -0.4 is 15.0 Å². The van der Waals surface area contributed by atoms with Crippen molar-refractivity contribution in [3.8, 4) is 5.75 Å². The Bertz CT molecular complexity index is 1190. The predicted octanol–water partition coefficient (Wildman–Crippen LogP) is 3.59. The Hall–Kier alpha value is -3.72. The molecule has 0 aliphatic carbocycles. The van der Waals surface area contributed by atoms with Crippen LogP contribution in [0.2, 0.25) is 0 Å². The fraction of sp³-hybridized carbons (Fsp3) is 0.217. The van der Waals surface area contributed by atoms with Crippen LogP contribution >= 0.6 is 12.2 Å². The molecule has 32 heavy (non-hydrogen) atoms. The zero-order chi connectivity index (χ0) is 22.7. The van der Waals surface area contributed by atoms with Crippen LogP contribution in [0.1, 0.15) is 10.4 Å². The van der Waals surface area contributed by atoms with Crippen molar-refractivity contribution in [1.82, 2.24) is 10.2 Å². The Kier molecular flexibility index (Phi) is 6.18. The highest BCUT2D eigenvalue weighted by atomic mass is 32.1. The molecular formula is C23H22N4O4S. The van der Waals surface area contributed by atoms with Gasteiger partial charge in [0.1, 0.15) is 11.4 Å². The molecule has 0 bridgehead atoms. The summed E-state index contributed by atoms with van der Waals surface area (Å²) < 4.78 is 5.11. The van der Waals surface area contributed by atoms with Crippen LogP contribution in [0.5, 0.6) is 5.75 Å². The third-order valence-corrected chi connectivity index (χ3v) is 5.90. The average Bonchev–Trinajstić information content (AvgIpc) is 2.83. The predicted molar refractivity (Wildman–Crippen MR) is 127 cm³/mol. The van der Waals surface area contributed by atoms with Crippen molar-refractivity contribution in [2.45, 2.75) is 0 Å². The van der Waals surface area contributed by atoms with Gasteiger partial charge in [-0.15, -0.1) is 0 Å². The van der Waals surface area contributed by atoms with Crippen molar-refractivity contribution < 1.29 is 14.5 Å². The van der Waals surface area contributed by atoms with Gasteiger partial charge in [0.05, 0.1) is 18.1 Å². The second-order valence-electron chi connectivity index (χ2n) is 7.37. The molecule has 1 amide bonds. The van der Waals surface area contributed by atoms with E-state index < -0.39 is 4.92 Å². The number of anilines is 1. The fourth-order valence-corrected chi connectivity index (χ4v) is 4.14. The van der Waals surface area contributed by atoms with Gasteiger partial charge in [0.2, 0.25) is 0 Å². The molecule has 1 aliphatic rings. The Labute approximate surface area is 190 Å². The number of carbonyl (C=O) groups is 1. The molecule has 0 unspecified atom stereocenters. The van der Waals surface area contributed by atoms with Gasteiger partial charge < -0.3 is 14.5 Å². The van der Waals surface area contributed by atoms with E-state index in [1.54, 1.807) is 18.2 Å². The summed E-state index contributed by atoms with van der Waals surface area (Å²) in [4.78, 5) is 27.8. The zero-order valence-corrected chi connectivity index (χ0v) is 18.3. The monoisotopic (exact) mass is 450 g/mol. The van der Waals surface area contributed by atoms with Gasteiger partial charge in [0.15, 0.2) is 5.11 Å². The second-order valence-corrected chi connectivity index (χ2v) is 7.76. The third kappa shape index (κ3) is 4.33. The van der Waals surface area contributed by atoms with Gasteiger partial charge in [-0.05, 0) is 41.2 Å². The van der Waals surface area contributed by atoms with Crippen LogP contribution in [0.25, 0.3) is 10.8 Å². The second kappa shape index (κ2) is 9.19. The Morgan fingerprint density at radius 2 is 1.78 bits per heavy atom. The summed E-state index contributed by atoms with van der Waals surface area (Å²) in [7, 11) is 1.48. The maximum atomic E-state index is 12.9. The number of hydrogen-bond acceptors (Lipinski definition) is 6. The van der Waals surface area contributed by atoms with Crippen molar-refractivity contribution >= 4 is 45.4 Å². The number of ether oxygens (including phenoxy) is 1. The Balaban J connectivity index is 1.42. The maximum absolute atomic E-state index is 12.9. The lowest BCUT2D eigenvalue weighted by Crippen LogP contribution is -2.52. The van der Waals surface area contributed by atoms with Gasteiger partial charge in [0, 0.05) is 31.7 Å². The molecule has 0 aromatic heterocycles. The first-order chi connectivity index (χ1) is 15.5. The Morgan fingerprint density at radius 1 is 1.06 bits per heavy atom. The number of benzene rings is 3. The largest absolute Gasteiger partial charge is 0.496 e. The molecule has 0 radical (unpaired) electrons. The molecule has 1 aliphatic heterocycles. The highest BCUT2D eigenvalue weighted by Gasteiger charge is 2.26. The molecule has 1 fully saturated rings. The average molecular weight is 451 g/mol. The molecule has 9 heteroatoms. The number of methoxy groups -OCH3 is 1. The third-order valence-electron chi connectivity index (χ3n) is 5.54. The van der Waals surface area contributed by atoms with Crippen LogP contribution in [-0.4, -0.2) is 54.1 Å². The van der Waals surface area contributed by atoms with Crippen molar-refractivity contribution in [2.24, 2.45) is 0 Å². The van der Waals surface area contributed by atoms with E-state index in [2.05, 4.69) is 5.32 Å². The van der Waals surface area contributed by atoms with E-state index in [0.717, 1.165) is 10.8 Å². The lowest BCUT2D eigenvalue weighted by molar-refractivity contribution is -0.384. The molecule has 8 nitrogen and oxygen atoms in total. The van der Waals surface area contributed by atoms with Crippen molar-refractivity contribution in [3.63, 3.8) is 0 Å². The number of carbonyl (C=O) groups excluding carboxylic acids is 1. The SMILES string of the molecule is COc1ccc(N2CCN(C(=S)NC(=O)c3cccc4ccccc34)CC2)c([N+](=O)[O-])c1. The number of amides is 1. The van der Waals surface area contributed by atoms with E-state index in [4.69, 9.17) is 17.0 Å². The summed E-state index contributed by atoms with van der Waals surface area (Å²) in [6.07, 6.45) is 0. The van der Waals surface area contributed by atoms with Crippen LogP contribution in [-0.2, 0) is 0 Å². The number of fused-ring (bicyclic) bond motifs is 1. The highest BCUT2D eigenvalue weighted by molar-refractivity contribution is 7.80. The molecule has 1 heterocycles. The van der Waals surface area contributed by atoms with E-state index in [0.29, 0.717) is 48.3 Å². The van der Waals surface area contributed by atoms with Gasteiger partial charge in [-0.2, -0.15) is 0 Å². The minimum atomic E-state index is -0.404. The van der Waals surface area contributed by atoms with Gasteiger partial charge in [-0.3, -0.25) is 20.2 Å². The first-order valence-electron chi connectivity index (χ1n) is 10.1. The highest BCUT2D eigenvalue weighted by Crippen LogP contribution is 2.32. The van der Waals surface area contributed by atoms with Crippen molar-refractivity contribution in [1.29, 1.82) is 0 Å². The molecule has 3 aromatic carbocycles. The lowest BCUT2D eigenvalue weighted by atomic mass is 10.0. The van der Waals surface area contributed by atoms with Gasteiger partial charge >= 0.3 is 0 Å². The molecule has 3 aromatic rings. The minimum Gasteiger partial charge on any atom is -0.496 e. The van der Waals surface area contributed by atoms with Gasteiger partial charge in [-0.25, -0.2) is 0 Å². The first kappa shape index (κ1) is 21.5. The number of nitro groups is 1. The van der Waals surface area contributed by atoms with Crippen molar-refractivity contribution in [3.05, 3.63) is 76.3 Å². The number of nitrogens with zero attached hydrogens (tertiary/aromatic N) is 3. The lowest BCUT2D eigenvalue weighted by Gasteiger charge is -2.37. The van der Waals surface area contributed by atoms with Gasteiger partial charge in [-0.1, -0.05) is 36.4 Å². The van der Waals surface area contributed by atoms with E-state index in [9.17, 15) is 14.9 Å². The summed E-state index contributed by atoms with van der Waals surface area (Å²) in [6.45, 7) is 2.16. The van der Waals surface area contributed by atoms with Crippen LogP contribution in [0.15, 0.2) is 60.7 Å². The topological polar surface area (TPSA) is 88.0 Å². The van der Waals surface area contributed by atoms with E-state index in [1.807, 2.05) is 46.2 Å². The summed E-state index contributed by atoms with van der Waals surface area (Å²) in [5.74, 6) is 0.191. The molecular weight excluding hydrogens is 428 g/mol. The molecule has 0 atom stereocenters. The molecule has 1 saturated heterocycles. The zero-order valence-electron chi connectivity index (χ0n) is 17.5. The van der Waals surface area contributed by atoms with Crippen molar-refractivity contribution in [2.75, 3.05) is 38.2 Å². The summed E-state index contributed by atoms with van der Waals surface area (Å²) in [5.41, 5.74) is 1.11. The summed E-state index contributed by atoms with van der Waals surface area (Å²) in [6, 6.07) is 18.1. The standard InChI is InChI=1S/C23H22N4O4S/c1-31-17-9-10-20(21(15-17)27(29)30)25-11-13-26(14-12-25)23(32)24-22(28)19-8-4-6-16-5-2-3-7-18(16)19/h2-10,15H,11-14H2,1H3,(H,24,28,32). The summed E-state index contributed by atoms with van der Waals surface area (Å²) in [5, 5.41) is 16.5. The van der Waals surface area contributed by atoms with Gasteiger partial charge in [0.25, 0.3) is 11.6 Å². The number of piperazine rings is 1. The first-order valence-corrected chi connectivity index (χ1v) is 10.5. The number of nitro benzene ring substituents is 1. The van der Waals surface area contributed by atoms with Crippen LogP contribution in [0.4, 0.5) is 11.4 Å². The molecule has 4 rings (SSSR count). The minimum absolute atomic E-state index is 0.00429. The van der Waals surface area contributed by atoms with E-state index in [1.165, 1.54) is 13.2 Å². The quantitative estimate of drug-likeness (QED) is 0.369. The number of nitrogens with one attached hydrogen (secondary N) is 1. The molecule has 0 spiro atoms. The molecule has 0 saturated carbocycles. The number of thiocarbonyl (C=S) groups is 1. The smallest absolute Gasteiger partial charge is 0.296 e. The van der Waals surface area contributed by atoms with E-state index >= 15 is 0 Å².